The first kappa shape index (κ1) is 28.0. The van der Waals surface area contributed by atoms with Crippen LogP contribution in [0.15, 0.2) is 108 Å². The fourth-order valence-electron chi connectivity index (χ4n) is 5.35. The molecule has 1 atom stereocenters. The fraction of sp³-hybridized carbons (Fsp3) is 0.314. The van der Waals surface area contributed by atoms with Crippen LogP contribution in [0.2, 0.25) is 18.1 Å². The highest BCUT2D eigenvalue weighted by Gasteiger charge is 2.38. The normalized spacial score (nSPS) is 15.4. The van der Waals surface area contributed by atoms with Crippen LogP contribution in [0.1, 0.15) is 49.1 Å². The Kier molecular flexibility index (Phi) is 8.34. The second-order valence-electron chi connectivity index (χ2n) is 12.3. The van der Waals surface area contributed by atoms with Crippen molar-refractivity contribution in [2.45, 2.75) is 57.8 Å². The summed E-state index contributed by atoms with van der Waals surface area (Å²) in [5.41, 5.74) is 7.61. The predicted molar refractivity (Wildman–Crippen MR) is 170 cm³/mol. The maximum atomic E-state index is 10.9. The molecule has 1 aromatic heterocycles. The van der Waals surface area contributed by atoms with Gasteiger partial charge < -0.3 is 9.70 Å². The summed E-state index contributed by atoms with van der Waals surface area (Å²) in [6.07, 6.45) is 5.00. The van der Waals surface area contributed by atoms with E-state index in [1.54, 1.807) is 0 Å². The van der Waals surface area contributed by atoms with Crippen LogP contribution in [0.4, 0.5) is 11.4 Å². The van der Waals surface area contributed by atoms with Gasteiger partial charge in [0.1, 0.15) is 0 Å². The summed E-state index contributed by atoms with van der Waals surface area (Å²) in [6.45, 7) is 10.4. The lowest BCUT2D eigenvalue weighted by Crippen LogP contribution is -2.40. The zero-order chi connectivity index (χ0) is 28.2. The molecule has 0 spiro atoms. The van der Waals surface area contributed by atoms with Crippen LogP contribution in [-0.4, -0.2) is 30.4 Å². The Labute approximate surface area is 240 Å². The van der Waals surface area contributed by atoms with Crippen molar-refractivity contribution in [2.24, 2.45) is 10.9 Å². The van der Waals surface area contributed by atoms with Crippen molar-refractivity contribution in [3.63, 3.8) is 0 Å². The molecule has 4 aromatic rings. The first-order valence-corrected chi connectivity index (χ1v) is 17.3. The molecule has 1 N–H and O–H groups in total. The topological polar surface area (TPSA) is 48.7 Å². The van der Waals surface area contributed by atoms with Crippen molar-refractivity contribution in [3.8, 4) is 0 Å². The van der Waals surface area contributed by atoms with E-state index >= 15 is 0 Å². The second kappa shape index (κ2) is 11.9. The smallest absolute Gasteiger partial charge is 0.188 e. The quantitative estimate of drug-likeness (QED) is 0.170. The minimum Gasteiger partial charge on any atom is -0.432 e. The van der Waals surface area contributed by atoms with Crippen LogP contribution >= 0.6 is 0 Å². The standard InChI is InChI=1S/C35H41N3OSi/c1-35(2,40(3,4)39)21-20-28-22-32-33(38(26-28)25-27-14-8-5-9-15-27)23-31(24-36-32)37-34(29-16-10-6-11-17-29)30-18-12-7-13-19-30/h5-19,23-24,28,39H,20-22,25-26H2,1-4H3. The number of aromatic nitrogens is 1. The molecule has 1 aliphatic rings. The highest BCUT2D eigenvalue weighted by Crippen LogP contribution is 2.42. The van der Waals surface area contributed by atoms with E-state index in [0.717, 1.165) is 60.6 Å². The van der Waals surface area contributed by atoms with Gasteiger partial charge in [-0.25, -0.2) is 4.99 Å². The highest BCUT2D eigenvalue weighted by molar-refractivity contribution is 6.72. The van der Waals surface area contributed by atoms with Crippen LogP contribution in [0, 0.1) is 5.92 Å². The summed E-state index contributed by atoms with van der Waals surface area (Å²) in [4.78, 5) is 23.5. The number of fused-ring (bicyclic) bond motifs is 1. The highest BCUT2D eigenvalue weighted by atomic mass is 28.4. The maximum absolute atomic E-state index is 10.9. The Balaban J connectivity index is 1.49. The molecule has 206 valence electrons. The van der Waals surface area contributed by atoms with Gasteiger partial charge >= 0.3 is 0 Å². The molecule has 3 aromatic carbocycles. The molecule has 5 rings (SSSR count). The van der Waals surface area contributed by atoms with E-state index < -0.39 is 8.32 Å². The third-order valence-electron chi connectivity index (χ3n) is 8.62. The van der Waals surface area contributed by atoms with E-state index in [9.17, 15) is 4.80 Å². The summed E-state index contributed by atoms with van der Waals surface area (Å²) >= 11 is 0. The number of hydrogen-bond donors (Lipinski definition) is 1. The maximum Gasteiger partial charge on any atom is 0.188 e. The zero-order valence-corrected chi connectivity index (χ0v) is 25.2. The second-order valence-corrected chi connectivity index (χ2v) is 16.7. The minimum atomic E-state index is -2.24. The number of nitrogens with zero attached hydrogens (tertiary/aromatic N) is 3. The Hall–Kier alpha value is -3.54. The van der Waals surface area contributed by atoms with E-state index in [1.807, 2.05) is 18.3 Å². The lowest BCUT2D eigenvalue weighted by molar-refractivity contribution is 0.379. The molecule has 5 heteroatoms. The summed E-state index contributed by atoms with van der Waals surface area (Å²) in [7, 11) is -2.24. The molecule has 2 heterocycles. The van der Waals surface area contributed by atoms with Gasteiger partial charge in [-0.2, -0.15) is 0 Å². The van der Waals surface area contributed by atoms with Gasteiger partial charge in [0.05, 0.1) is 29.0 Å². The van der Waals surface area contributed by atoms with Crippen molar-refractivity contribution < 1.29 is 4.80 Å². The Bertz CT molecular complexity index is 1390. The van der Waals surface area contributed by atoms with Crippen LogP contribution in [0.25, 0.3) is 0 Å². The average Bonchev–Trinajstić information content (AvgIpc) is 2.96. The molecule has 0 radical (unpaired) electrons. The SMILES string of the molecule is CC(C)(CCC1Cc2ncc(N=C(c3ccccc3)c3ccccc3)cc2N(Cc2ccccc2)C1)[Si](C)(C)O. The Morgan fingerprint density at radius 1 is 0.925 bits per heavy atom. The van der Waals surface area contributed by atoms with Crippen molar-refractivity contribution in [1.29, 1.82) is 0 Å². The lowest BCUT2D eigenvalue weighted by atomic mass is 9.89. The van der Waals surface area contributed by atoms with E-state index in [4.69, 9.17) is 9.98 Å². The first-order valence-electron chi connectivity index (χ1n) is 14.4. The van der Waals surface area contributed by atoms with Gasteiger partial charge in [0.15, 0.2) is 8.32 Å². The molecule has 1 unspecified atom stereocenters. The molecule has 1 aliphatic heterocycles. The number of pyridine rings is 1. The van der Waals surface area contributed by atoms with Gasteiger partial charge in [-0.3, -0.25) is 4.98 Å². The molecule has 0 amide bonds. The monoisotopic (exact) mass is 547 g/mol. The molecular formula is C35H41N3OSi. The molecule has 0 saturated carbocycles. The summed E-state index contributed by atoms with van der Waals surface area (Å²) in [5.74, 6) is 0.498. The fourth-order valence-corrected chi connectivity index (χ4v) is 6.10. The lowest BCUT2D eigenvalue weighted by Gasteiger charge is -2.39. The van der Waals surface area contributed by atoms with Gasteiger partial charge in [-0.1, -0.05) is 105 Å². The third kappa shape index (κ3) is 6.60. The minimum absolute atomic E-state index is 0.0190. The van der Waals surface area contributed by atoms with E-state index in [1.165, 1.54) is 11.3 Å². The number of rotatable bonds is 9. The molecule has 4 nitrogen and oxygen atoms in total. The Morgan fingerprint density at radius 3 is 2.08 bits per heavy atom. The Morgan fingerprint density at radius 2 is 1.50 bits per heavy atom. The van der Waals surface area contributed by atoms with Crippen LogP contribution < -0.4 is 4.90 Å². The van der Waals surface area contributed by atoms with Crippen molar-refractivity contribution in [1.82, 2.24) is 4.98 Å². The molecule has 0 fully saturated rings. The molecule has 0 aliphatic carbocycles. The number of anilines is 1. The van der Waals surface area contributed by atoms with Crippen molar-refractivity contribution >= 4 is 25.4 Å². The summed E-state index contributed by atoms with van der Waals surface area (Å²) in [6, 6.07) is 33.7. The summed E-state index contributed by atoms with van der Waals surface area (Å²) in [5, 5.41) is -0.0190. The van der Waals surface area contributed by atoms with E-state index in [-0.39, 0.29) is 5.04 Å². The van der Waals surface area contributed by atoms with Crippen molar-refractivity contribution in [2.75, 3.05) is 11.4 Å². The van der Waals surface area contributed by atoms with Gasteiger partial charge in [-0.15, -0.1) is 0 Å². The molecule has 0 bridgehead atoms. The number of benzene rings is 3. The summed E-state index contributed by atoms with van der Waals surface area (Å²) < 4.78 is 0. The number of hydrogen-bond acceptors (Lipinski definition) is 4. The third-order valence-corrected chi connectivity index (χ3v) is 12.2. The van der Waals surface area contributed by atoms with Crippen LogP contribution in [0.5, 0.6) is 0 Å². The van der Waals surface area contributed by atoms with E-state index in [2.05, 4.69) is 117 Å². The van der Waals surface area contributed by atoms with E-state index in [0.29, 0.717) is 5.92 Å². The largest absolute Gasteiger partial charge is 0.432 e. The molecule has 0 saturated heterocycles. The predicted octanol–water partition coefficient (Wildman–Crippen LogP) is 8.19. The van der Waals surface area contributed by atoms with Crippen molar-refractivity contribution in [3.05, 3.63) is 126 Å². The van der Waals surface area contributed by atoms with Gasteiger partial charge in [0.25, 0.3) is 0 Å². The van der Waals surface area contributed by atoms with Crippen LogP contribution in [-0.2, 0) is 13.0 Å². The van der Waals surface area contributed by atoms with Gasteiger partial charge in [0.2, 0.25) is 0 Å². The molecule has 40 heavy (non-hydrogen) atoms. The first-order chi connectivity index (χ1) is 19.2. The molecular weight excluding hydrogens is 506 g/mol. The van der Waals surface area contributed by atoms with Gasteiger partial charge in [-0.05, 0) is 54.9 Å². The van der Waals surface area contributed by atoms with Gasteiger partial charge in [0, 0.05) is 24.2 Å². The zero-order valence-electron chi connectivity index (χ0n) is 24.2. The van der Waals surface area contributed by atoms with Crippen LogP contribution in [0.3, 0.4) is 0 Å². The average molecular weight is 548 g/mol. The number of aliphatic imine (C=N–C) groups is 1.